The number of aryl methyl sites for hydroxylation is 1. The Morgan fingerprint density at radius 1 is 1.25 bits per heavy atom. The fourth-order valence-electron chi connectivity index (χ4n) is 2.53. The molecule has 2 rings (SSSR count). The van der Waals surface area contributed by atoms with Gasteiger partial charge in [-0.15, -0.1) is 0 Å². The number of allylic oxidation sites excluding steroid dienone is 1. The summed E-state index contributed by atoms with van der Waals surface area (Å²) in [6, 6.07) is 5.20. The molecule has 0 atom stereocenters. The van der Waals surface area contributed by atoms with Gasteiger partial charge >= 0.3 is 0 Å². The Bertz CT molecular complexity index is 777. The first-order valence-electron chi connectivity index (χ1n) is 8.36. The van der Waals surface area contributed by atoms with Crippen LogP contribution in [0.4, 0.5) is 0 Å². The molecule has 0 aliphatic heterocycles. The monoisotopic (exact) mass is 331 g/mol. The lowest BCUT2D eigenvalue weighted by Gasteiger charge is -2.13. The Morgan fingerprint density at radius 3 is 2.75 bits per heavy atom. The maximum absolute atomic E-state index is 12.5. The minimum absolute atomic E-state index is 0.0172. The van der Waals surface area contributed by atoms with E-state index in [2.05, 4.69) is 6.92 Å². The number of ether oxygens (including phenoxy) is 2. The van der Waals surface area contributed by atoms with E-state index in [4.69, 9.17) is 9.47 Å². The largest absolute Gasteiger partial charge is 0.504 e. The van der Waals surface area contributed by atoms with Crippen LogP contribution in [0.15, 0.2) is 35.3 Å². The highest BCUT2D eigenvalue weighted by atomic mass is 16.5. The number of aromatic hydroxyl groups is 1. The van der Waals surface area contributed by atoms with Crippen LogP contribution in [0.2, 0.25) is 0 Å². The van der Waals surface area contributed by atoms with Crippen molar-refractivity contribution in [2.75, 3.05) is 6.61 Å². The van der Waals surface area contributed by atoms with Crippen molar-refractivity contribution in [2.45, 2.75) is 39.5 Å². The third kappa shape index (κ3) is 3.91. The smallest absolute Gasteiger partial charge is 0.297 e. The number of hydrogen-bond acceptors (Lipinski definition) is 4. The minimum atomic E-state index is -0.348. The molecule has 2 aromatic rings. The average Bonchev–Trinajstić information content (AvgIpc) is 2.60. The number of fused-ring (bicyclic) bond motifs is 1. The van der Waals surface area contributed by atoms with Gasteiger partial charge in [0, 0.05) is 18.5 Å². The summed E-state index contributed by atoms with van der Waals surface area (Å²) in [6.45, 7) is 4.42. The zero-order valence-electron chi connectivity index (χ0n) is 14.5. The lowest BCUT2D eigenvalue weighted by atomic mass is 10.1. The summed E-state index contributed by atoms with van der Waals surface area (Å²) in [6.07, 6.45) is 7.53. The summed E-state index contributed by atoms with van der Waals surface area (Å²) in [5, 5.41) is 11.0. The van der Waals surface area contributed by atoms with Crippen molar-refractivity contribution in [3.05, 3.63) is 40.9 Å². The Morgan fingerprint density at radius 2 is 2.04 bits per heavy atom. The molecule has 0 fully saturated rings. The second-order valence-electron chi connectivity index (χ2n) is 5.72. The second kappa shape index (κ2) is 8.43. The molecule has 0 amide bonds. The van der Waals surface area contributed by atoms with Gasteiger partial charge in [-0.25, -0.2) is 0 Å². The number of rotatable bonds is 8. The van der Waals surface area contributed by atoms with E-state index in [0.29, 0.717) is 23.3 Å². The number of aromatic nitrogens is 1. The number of unbranched alkanes of at least 4 members (excludes halogenated alkanes) is 3. The standard InChI is InChI=1S/C19H25NO4/c1-4-6-7-8-12-24-18-17(21)15-10-9-14(23-11-5-2)13-16(15)20(3)19(18)22/h5,9-11,13,21H,4,6-8,12H2,1-3H3/b11-5-. The first-order valence-corrected chi connectivity index (χ1v) is 8.36. The third-order valence-electron chi connectivity index (χ3n) is 3.88. The van der Waals surface area contributed by atoms with Crippen molar-refractivity contribution >= 4 is 10.9 Å². The SMILES string of the molecule is C/C=C\Oc1ccc2c(O)c(OCCCCCC)c(=O)n(C)c2c1. The predicted molar refractivity (Wildman–Crippen MR) is 95.9 cm³/mol. The van der Waals surface area contributed by atoms with Crippen LogP contribution < -0.4 is 15.0 Å². The van der Waals surface area contributed by atoms with E-state index in [1.807, 2.05) is 6.92 Å². The Hall–Kier alpha value is -2.43. The topological polar surface area (TPSA) is 60.7 Å². The molecule has 0 aliphatic rings. The van der Waals surface area contributed by atoms with Gasteiger partial charge in [-0.3, -0.25) is 4.79 Å². The third-order valence-corrected chi connectivity index (χ3v) is 3.88. The molecule has 0 saturated carbocycles. The quantitative estimate of drug-likeness (QED) is 0.584. The molecule has 1 aromatic carbocycles. The van der Waals surface area contributed by atoms with E-state index in [1.165, 1.54) is 4.57 Å². The molecule has 0 saturated heterocycles. The van der Waals surface area contributed by atoms with E-state index in [1.54, 1.807) is 37.6 Å². The molecule has 0 bridgehead atoms. The van der Waals surface area contributed by atoms with Crippen molar-refractivity contribution in [3.63, 3.8) is 0 Å². The van der Waals surface area contributed by atoms with E-state index >= 15 is 0 Å². The molecule has 1 heterocycles. The molecule has 0 aliphatic carbocycles. The zero-order chi connectivity index (χ0) is 17.5. The van der Waals surface area contributed by atoms with Crippen molar-refractivity contribution in [1.82, 2.24) is 4.57 Å². The number of hydrogen-bond donors (Lipinski definition) is 1. The van der Waals surface area contributed by atoms with Gasteiger partial charge in [-0.05, 0) is 25.5 Å². The second-order valence-corrected chi connectivity index (χ2v) is 5.72. The molecule has 24 heavy (non-hydrogen) atoms. The normalized spacial score (nSPS) is 11.3. The molecular weight excluding hydrogens is 306 g/mol. The average molecular weight is 331 g/mol. The fraction of sp³-hybridized carbons (Fsp3) is 0.421. The molecule has 5 nitrogen and oxygen atoms in total. The maximum atomic E-state index is 12.5. The van der Waals surface area contributed by atoms with Gasteiger partial charge in [0.2, 0.25) is 5.75 Å². The Kier molecular flexibility index (Phi) is 6.29. The van der Waals surface area contributed by atoms with Crippen LogP contribution in [-0.2, 0) is 7.05 Å². The summed E-state index contributed by atoms with van der Waals surface area (Å²) < 4.78 is 12.5. The zero-order valence-corrected chi connectivity index (χ0v) is 14.5. The van der Waals surface area contributed by atoms with E-state index in [-0.39, 0.29) is 17.1 Å². The van der Waals surface area contributed by atoms with E-state index in [9.17, 15) is 9.90 Å². The predicted octanol–water partition coefficient (Wildman–Crippen LogP) is 4.12. The van der Waals surface area contributed by atoms with Crippen LogP contribution in [0, 0.1) is 0 Å². The van der Waals surface area contributed by atoms with Crippen LogP contribution in [0.1, 0.15) is 39.5 Å². The highest BCUT2D eigenvalue weighted by Crippen LogP contribution is 2.33. The van der Waals surface area contributed by atoms with Gasteiger partial charge in [0.25, 0.3) is 5.56 Å². The molecule has 1 aromatic heterocycles. The molecular formula is C19H25NO4. The summed E-state index contributed by atoms with van der Waals surface area (Å²) in [7, 11) is 1.66. The summed E-state index contributed by atoms with van der Waals surface area (Å²) >= 11 is 0. The Balaban J connectivity index is 2.32. The maximum Gasteiger partial charge on any atom is 0.297 e. The summed E-state index contributed by atoms with van der Waals surface area (Å²) in [5.74, 6) is 0.507. The van der Waals surface area contributed by atoms with Gasteiger partial charge in [-0.2, -0.15) is 0 Å². The van der Waals surface area contributed by atoms with Crippen LogP contribution in [0.3, 0.4) is 0 Å². The van der Waals surface area contributed by atoms with E-state index in [0.717, 1.165) is 25.7 Å². The number of nitrogens with zero attached hydrogens (tertiary/aromatic N) is 1. The number of benzene rings is 1. The van der Waals surface area contributed by atoms with Gasteiger partial charge in [-0.1, -0.05) is 32.3 Å². The van der Waals surface area contributed by atoms with Crippen LogP contribution in [0.25, 0.3) is 10.9 Å². The van der Waals surface area contributed by atoms with E-state index < -0.39 is 0 Å². The van der Waals surface area contributed by atoms with Gasteiger partial charge in [0.15, 0.2) is 5.75 Å². The van der Waals surface area contributed by atoms with Crippen LogP contribution in [-0.4, -0.2) is 16.3 Å². The summed E-state index contributed by atoms with van der Waals surface area (Å²) in [4.78, 5) is 12.5. The minimum Gasteiger partial charge on any atom is -0.504 e. The van der Waals surface area contributed by atoms with Gasteiger partial charge < -0.3 is 19.1 Å². The molecule has 0 unspecified atom stereocenters. The fourth-order valence-corrected chi connectivity index (χ4v) is 2.53. The van der Waals surface area contributed by atoms with Crippen molar-refractivity contribution in [2.24, 2.45) is 7.05 Å². The van der Waals surface area contributed by atoms with Gasteiger partial charge in [0.1, 0.15) is 5.75 Å². The highest BCUT2D eigenvalue weighted by Gasteiger charge is 2.16. The van der Waals surface area contributed by atoms with Crippen molar-refractivity contribution < 1.29 is 14.6 Å². The van der Waals surface area contributed by atoms with Crippen molar-refractivity contribution in [3.8, 4) is 17.2 Å². The van der Waals surface area contributed by atoms with Crippen LogP contribution >= 0.6 is 0 Å². The molecule has 0 radical (unpaired) electrons. The molecule has 130 valence electrons. The first-order chi connectivity index (χ1) is 11.6. The van der Waals surface area contributed by atoms with Gasteiger partial charge in [0.05, 0.1) is 18.4 Å². The first kappa shape index (κ1) is 17.9. The molecule has 1 N–H and O–H groups in total. The molecule has 5 heteroatoms. The lowest BCUT2D eigenvalue weighted by Crippen LogP contribution is -2.20. The number of pyridine rings is 1. The highest BCUT2D eigenvalue weighted by molar-refractivity contribution is 5.88. The Labute approximate surface area is 142 Å². The summed E-state index contributed by atoms with van der Waals surface area (Å²) in [5.41, 5.74) is 0.247. The van der Waals surface area contributed by atoms with Crippen molar-refractivity contribution in [1.29, 1.82) is 0 Å². The lowest BCUT2D eigenvalue weighted by molar-refractivity contribution is 0.285. The molecule has 0 spiro atoms. The van der Waals surface area contributed by atoms with Crippen LogP contribution in [0.5, 0.6) is 17.2 Å².